The van der Waals surface area contributed by atoms with E-state index in [1.54, 1.807) is 0 Å². The van der Waals surface area contributed by atoms with Crippen LogP contribution >= 0.6 is 15.9 Å². The van der Waals surface area contributed by atoms with Crippen LogP contribution in [0.4, 0.5) is 0 Å². The molecule has 0 aliphatic heterocycles. The minimum atomic E-state index is -0.431. The van der Waals surface area contributed by atoms with Gasteiger partial charge in [-0.2, -0.15) is 4.68 Å². The molecule has 0 aliphatic rings. The van der Waals surface area contributed by atoms with Gasteiger partial charge in [-0.1, -0.05) is 29.8 Å². The zero-order valence-corrected chi connectivity index (χ0v) is 12.0. The maximum Gasteiger partial charge on any atom is 0.441 e. The molecule has 96 valence electrons. The van der Waals surface area contributed by atoms with Crippen molar-refractivity contribution in [1.82, 2.24) is 9.78 Å². The second kappa shape index (κ2) is 5.52. The van der Waals surface area contributed by atoms with Gasteiger partial charge in [0.1, 0.15) is 0 Å². The smallest absolute Gasteiger partial charge is 0.392 e. The first kappa shape index (κ1) is 13.1. The van der Waals surface area contributed by atoms with Gasteiger partial charge in [-0.25, -0.2) is 4.79 Å². The van der Waals surface area contributed by atoms with Crippen LogP contribution in [0.5, 0.6) is 0 Å². The zero-order valence-electron chi connectivity index (χ0n) is 10.4. The van der Waals surface area contributed by atoms with Gasteiger partial charge in [-0.15, -0.1) is 5.10 Å². The van der Waals surface area contributed by atoms with Crippen LogP contribution in [0, 0.1) is 0 Å². The standard InChI is InChI=1S/C13H15BrN2O2/c1-3-9(4-2)12-15-16(13(17)18-12)11-7-5-10(14)6-8-11/h5-9H,3-4H2,1-2H3. The van der Waals surface area contributed by atoms with Crippen LogP contribution in [0.25, 0.3) is 5.69 Å². The number of aromatic nitrogens is 2. The number of hydrogen-bond acceptors (Lipinski definition) is 3. The third kappa shape index (κ3) is 2.56. The number of benzene rings is 1. The Bertz CT molecular complexity index is 567. The Morgan fingerprint density at radius 3 is 2.44 bits per heavy atom. The molecule has 18 heavy (non-hydrogen) atoms. The maximum atomic E-state index is 11.8. The van der Waals surface area contributed by atoms with E-state index in [1.165, 1.54) is 4.68 Å². The summed E-state index contributed by atoms with van der Waals surface area (Å²) >= 11 is 3.36. The Morgan fingerprint density at radius 2 is 1.89 bits per heavy atom. The zero-order chi connectivity index (χ0) is 13.1. The van der Waals surface area contributed by atoms with Gasteiger partial charge in [0, 0.05) is 10.4 Å². The van der Waals surface area contributed by atoms with Gasteiger partial charge in [0.25, 0.3) is 0 Å². The molecular weight excluding hydrogens is 296 g/mol. The molecule has 0 aliphatic carbocycles. The lowest BCUT2D eigenvalue weighted by Gasteiger charge is -2.04. The van der Waals surface area contributed by atoms with Crippen LogP contribution in [-0.2, 0) is 0 Å². The average molecular weight is 311 g/mol. The van der Waals surface area contributed by atoms with Crippen LogP contribution in [0.15, 0.2) is 37.9 Å². The van der Waals surface area contributed by atoms with Crippen LogP contribution in [0.1, 0.15) is 38.5 Å². The fourth-order valence-electron chi connectivity index (χ4n) is 1.84. The predicted molar refractivity (Wildman–Crippen MR) is 73.1 cm³/mol. The van der Waals surface area contributed by atoms with E-state index in [-0.39, 0.29) is 5.92 Å². The van der Waals surface area contributed by atoms with Gasteiger partial charge in [-0.05, 0) is 37.1 Å². The lowest BCUT2D eigenvalue weighted by atomic mass is 10.0. The second-order valence-electron chi connectivity index (χ2n) is 4.11. The van der Waals surface area contributed by atoms with E-state index < -0.39 is 5.76 Å². The highest BCUT2D eigenvalue weighted by Crippen LogP contribution is 2.20. The summed E-state index contributed by atoms with van der Waals surface area (Å²) < 4.78 is 7.49. The summed E-state index contributed by atoms with van der Waals surface area (Å²) in [4.78, 5) is 11.8. The predicted octanol–water partition coefficient (Wildman–Crippen LogP) is 3.49. The van der Waals surface area contributed by atoms with Crippen LogP contribution in [0.3, 0.4) is 0 Å². The largest absolute Gasteiger partial charge is 0.441 e. The minimum Gasteiger partial charge on any atom is -0.392 e. The summed E-state index contributed by atoms with van der Waals surface area (Å²) in [5.74, 6) is 0.293. The van der Waals surface area contributed by atoms with Gasteiger partial charge < -0.3 is 4.42 Å². The first-order chi connectivity index (χ1) is 8.65. The van der Waals surface area contributed by atoms with Crippen LogP contribution < -0.4 is 5.76 Å². The van der Waals surface area contributed by atoms with Crippen molar-refractivity contribution in [3.8, 4) is 5.69 Å². The monoisotopic (exact) mass is 310 g/mol. The number of nitrogens with zero attached hydrogens (tertiary/aromatic N) is 2. The summed E-state index contributed by atoms with van der Waals surface area (Å²) in [6.45, 7) is 4.12. The molecule has 1 aromatic heterocycles. The first-order valence-corrected chi connectivity index (χ1v) is 6.81. The average Bonchev–Trinajstić information content (AvgIpc) is 2.74. The first-order valence-electron chi connectivity index (χ1n) is 6.01. The molecule has 2 rings (SSSR count). The topological polar surface area (TPSA) is 48.0 Å². The Hall–Kier alpha value is -1.36. The molecule has 0 saturated carbocycles. The van der Waals surface area contributed by atoms with Crippen molar-refractivity contribution >= 4 is 15.9 Å². The Balaban J connectivity index is 2.40. The molecule has 0 spiro atoms. The Kier molecular flexibility index (Phi) is 4.01. The molecule has 0 unspecified atom stereocenters. The molecule has 4 nitrogen and oxygen atoms in total. The normalized spacial score (nSPS) is 11.1. The Labute approximate surface area is 114 Å². The molecule has 0 radical (unpaired) electrons. The van der Waals surface area contributed by atoms with Crippen molar-refractivity contribution in [2.75, 3.05) is 0 Å². The van der Waals surface area contributed by atoms with Gasteiger partial charge in [-0.3, -0.25) is 0 Å². The summed E-state index contributed by atoms with van der Waals surface area (Å²) in [6, 6.07) is 7.38. The number of hydrogen-bond donors (Lipinski definition) is 0. The molecule has 5 heteroatoms. The van der Waals surface area contributed by atoms with Crippen LogP contribution in [0.2, 0.25) is 0 Å². The molecule has 0 fully saturated rings. The molecule has 1 aromatic carbocycles. The Morgan fingerprint density at radius 1 is 1.28 bits per heavy atom. The highest BCUT2D eigenvalue weighted by molar-refractivity contribution is 9.10. The van der Waals surface area contributed by atoms with E-state index in [0.29, 0.717) is 11.6 Å². The van der Waals surface area contributed by atoms with Crippen LogP contribution in [-0.4, -0.2) is 9.78 Å². The van der Waals surface area contributed by atoms with Gasteiger partial charge in [0.15, 0.2) is 0 Å². The highest BCUT2D eigenvalue weighted by atomic mass is 79.9. The van der Waals surface area contributed by atoms with Crippen molar-refractivity contribution in [3.05, 3.63) is 45.2 Å². The van der Waals surface area contributed by atoms with Crippen molar-refractivity contribution < 1.29 is 4.42 Å². The van der Waals surface area contributed by atoms with Crippen molar-refractivity contribution in [1.29, 1.82) is 0 Å². The number of halogens is 1. The van der Waals surface area contributed by atoms with Crippen molar-refractivity contribution in [3.63, 3.8) is 0 Å². The SMILES string of the molecule is CCC(CC)c1nn(-c2ccc(Br)cc2)c(=O)o1. The van der Waals surface area contributed by atoms with E-state index in [0.717, 1.165) is 17.3 Å². The molecular formula is C13H15BrN2O2. The third-order valence-electron chi connectivity index (χ3n) is 2.97. The third-order valence-corrected chi connectivity index (χ3v) is 3.50. The lowest BCUT2D eigenvalue weighted by molar-refractivity contribution is 0.409. The van der Waals surface area contributed by atoms with E-state index >= 15 is 0 Å². The van der Waals surface area contributed by atoms with E-state index in [9.17, 15) is 4.79 Å². The summed E-state index contributed by atoms with van der Waals surface area (Å²) in [6.07, 6.45) is 1.83. The fraction of sp³-hybridized carbons (Fsp3) is 0.385. The van der Waals surface area contributed by atoms with E-state index in [4.69, 9.17) is 4.42 Å². The molecule has 0 atom stereocenters. The molecule has 0 N–H and O–H groups in total. The van der Waals surface area contributed by atoms with E-state index in [1.807, 2.05) is 24.3 Å². The van der Waals surface area contributed by atoms with Crippen molar-refractivity contribution in [2.24, 2.45) is 0 Å². The fourth-order valence-corrected chi connectivity index (χ4v) is 2.11. The van der Waals surface area contributed by atoms with Crippen molar-refractivity contribution in [2.45, 2.75) is 32.6 Å². The summed E-state index contributed by atoms with van der Waals surface area (Å²) in [5, 5.41) is 4.27. The van der Waals surface area contributed by atoms with E-state index in [2.05, 4.69) is 34.9 Å². The van der Waals surface area contributed by atoms with Gasteiger partial charge in [0.05, 0.1) is 5.69 Å². The van der Waals surface area contributed by atoms with Gasteiger partial charge >= 0.3 is 5.76 Å². The molecule has 0 bridgehead atoms. The number of rotatable bonds is 4. The van der Waals surface area contributed by atoms with Gasteiger partial charge in [0.2, 0.25) is 5.89 Å². The quantitative estimate of drug-likeness (QED) is 0.868. The molecule has 0 amide bonds. The summed E-state index contributed by atoms with van der Waals surface area (Å²) in [7, 11) is 0. The maximum absolute atomic E-state index is 11.8. The molecule has 2 aromatic rings. The highest BCUT2D eigenvalue weighted by Gasteiger charge is 2.16. The minimum absolute atomic E-state index is 0.203. The molecule has 1 heterocycles. The lowest BCUT2D eigenvalue weighted by Crippen LogP contribution is -2.13. The molecule has 0 saturated heterocycles. The second-order valence-corrected chi connectivity index (χ2v) is 5.02. The summed E-state index contributed by atoms with van der Waals surface area (Å²) in [5.41, 5.74) is 0.712.